The van der Waals surface area contributed by atoms with Gasteiger partial charge < -0.3 is 15.0 Å². The average Bonchev–Trinajstić information content (AvgIpc) is 2.47. The molecule has 112 valence electrons. The van der Waals surface area contributed by atoms with Crippen LogP contribution in [-0.4, -0.2) is 32.8 Å². The number of nitrogens with one attached hydrogen (secondary N) is 1. The third-order valence-corrected chi connectivity index (χ3v) is 4.08. The van der Waals surface area contributed by atoms with Gasteiger partial charge in [-0.2, -0.15) is 0 Å². The first kappa shape index (κ1) is 15.3. The van der Waals surface area contributed by atoms with E-state index in [4.69, 9.17) is 4.74 Å². The van der Waals surface area contributed by atoms with Gasteiger partial charge in [0.15, 0.2) is 0 Å². The number of benzene rings is 1. The van der Waals surface area contributed by atoms with Crippen LogP contribution in [0.1, 0.15) is 38.3 Å². The second-order valence-corrected chi connectivity index (χ2v) is 5.44. The van der Waals surface area contributed by atoms with Crippen molar-refractivity contribution in [1.82, 2.24) is 5.32 Å². The number of anilines is 1. The minimum Gasteiger partial charge on any atom is -0.381 e. The van der Waals surface area contributed by atoms with E-state index in [0.717, 1.165) is 43.9 Å². The summed E-state index contributed by atoms with van der Waals surface area (Å²) in [6.45, 7) is 6.65. The van der Waals surface area contributed by atoms with Crippen LogP contribution >= 0.6 is 0 Å². The van der Waals surface area contributed by atoms with E-state index in [2.05, 4.69) is 31.1 Å². The molecule has 0 bridgehead atoms. The lowest BCUT2D eigenvalue weighted by molar-refractivity contribution is 0.0854. The Morgan fingerprint density at radius 2 is 2.10 bits per heavy atom. The van der Waals surface area contributed by atoms with Crippen LogP contribution in [0, 0.1) is 5.82 Å². The second kappa shape index (κ2) is 7.04. The van der Waals surface area contributed by atoms with Crippen LogP contribution in [0.4, 0.5) is 10.1 Å². The molecule has 1 aromatic rings. The molecule has 1 unspecified atom stereocenters. The number of hydrogen-bond donors (Lipinski definition) is 1. The van der Waals surface area contributed by atoms with Crippen molar-refractivity contribution < 1.29 is 9.13 Å². The van der Waals surface area contributed by atoms with Gasteiger partial charge in [-0.05, 0) is 50.1 Å². The molecule has 0 spiro atoms. The molecule has 1 heterocycles. The summed E-state index contributed by atoms with van der Waals surface area (Å²) in [7, 11) is 2.10. The summed E-state index contributed by atoms with van der Waals surface area (Å²) in [4.78, 5) is 2.28. The van der Waals surface area contributed by atoms with Gasteiger partial charge in [0.2, 0.25) is 0 Å². The summed E-state index contributed by atoms with van der Waals surface area (Å²) in [6.07, 6.45) is 2.06. The number of halogens is 1. The average molecular weight is 280 g/mol. The third kappa shape index (κ3) is 3.49. The molecule has 0 aliphatic carbocycles. The zero-order valence-electron chi connectivity index (χ0n) is 12.7. The van der Waals surface area contributed by atoms with E-state index in [1.807, 2.05) is 6.07 Å². The van der Waals surface area contributed by atoms with Gasteiger partial charge in [0.1, 0.15) is 5.82 Å². The van der Waals surface area contributed by atoms with Crippen molar-refractivity contribution >= 4 is 5.69 Å². The third-order valence-electron chi connectivity index (χ3n) is 4.08. The molecule has 1 aliphatic heterocycles. The highest BCUT2D eigenvalue weighted by atomic mass is 19.1. The maximum absolute atomic E-state index is 13.6. The maximum Gasteiger partial charge on any atom is 0.123 e. The minimum absolute atomic E-state index is 0.146. The first-order valence-corrected chi connectivity index (χ1v) is 7.47. The Labute approximate surface area is 121 Å². The lowest BCUT2D eigenvalue weighted by atomic mass is 10.0. The molecule has 1 fully saturated rings. The highest BCUT2D eigenvalue weighted by Crippen LogP contribution is 2.30. The molecule has 0 radical (unpaired) electrons. The number of hydrogen-bond acceptors (Lipinski definition) is 3. The smallest absolute Gasteiger partial charge is 0.123 e. The predicted molar refractivity (Wildman–Crippen MR) is 80.7 cm³/mol. The molecule has 3 nitrogen and oxygen atoms in total. The van der Waals surface area contributed by atoms with Gasteiger partial charge in [-0.3, -0.25) is 0 Å². The summed E-state index contributed by atoms with van der Waals surface area (Å²) in [5.74, 6) is -0.172. The summed E-state index contributed by atoms with van der Waals surface area (Å²) < 4.78 is 19.0. The fourth-order valence-electron chi connectivity index (χ4n) is 2.88. The molecular weight excluding hydrogens is 255 g/mol. The number of ether oxygens (including phenoxy) is 1. The standard InChI is InChI=1S/C16H25FN2O/c1-4-18-12(2)15-11-13(17)5-6-16(15)19(3)14-7-9-20-10-8-14/h5-6,11-12,14,18H,4,7-10H2,1-3H3. The second-order valence-electron chi connectivity index (χ2n) is 5.44. The topological polar surface area (TPSA) is 24.5 Å². The monoisotopic (exact) mass is 280 g/mol. The van der Waals surface area contributed by atoms with Gasteiger partial charge in [0.05, 0.1) is 0 Å². The molecule has 1 aliphatic rings. The highest BCUT2D eigenvalue weighted by molar-refractivity contribution is 5.55. The van der Waals surface area contributed by atoms with Crippen LogP contribution in [0.5, 0.6) is 0 Å². The zero-order chi connectivity index (χ0) is 14.5. The molecule has 1 saturated heterocycles. The molecule has 2 rings (SSSR count). The SMILES string of the molecule is CCNC(C)c1cc(F)ccc1N(C)C1CCOCC1. The van der Waals surface area contributed by atoms with Crippen molar-refractivity contribution in [1.29, 1.82) is 0 Å². The Balaban J connectivity index is 2.24. The predicted octanol–water partition coefficient (Wildman–Crippen LogP) is 3.11. The van der Waals surface area contributed by atoms with Crippen LogP contribution in [0.15, 0.2) is 18.2 Å². The largest absolute Gasteiger partial charge is 0.381 e. The molecule has 1 aromatic carbocycles. The lowest BCUT2D eigenvalue weighted by Crippen LogP contribution is -2.37. The van der Waals surface area contributed by atoms with Crippen molar-refractivity contribution in [2.75, 3.05) is 31.7 Å². The van der Waals surface area contributed by atoms with Gasteiger partial charge in [-0.25, -0.2) is 4.39 Å². The van der Waals surface area contributed by atoms with Crippen molar-refractivity contribution in [3.8, 4) is 0 Å². The summed E-state index contributed by atoms with van der Waals surface area (Å²) >= 11 is 0. The van der Waals surface area contributed by atoms with Crippen LogP contribution in [-0.2, 0) is 4.74 Å². The normalized spacial score (nSPS) is 18.0. The summed E-state index contributed by atoms with van der Waals surface area (Å²) in [5.41, 5.74) is 2.15. The van der Waals surface area contributed by atoms with Gasteiger partial charge in [0.25, 0.3) is 0 Å². The van der Waals surface area contributed by atoms with Crippen molar-refractivity contribution in [3.05, 3.63) is 29.6 Å². The van der Waals surface area contributed by atoms with E-state index in [1.54, 1.807) is 12.1 Å². The van der Waals surface area contributed by atoms with E-state index >= 15 is 0 Å². The first-order valence-electron chi connectivity index (χ1n) is 7.47. The van der Waals surface area contributed by atoms with Crippen LogP contribution in [0.25, 0.3) is 0 Å². The van der Waals surface area contributed by atoms with Crippen LogP contribution in [0.2, 0.25) is 0 Å². The van der Waals surface area contributed by atoms with E-state index in [9.17, 15) is 4.39 Å². The van der Waals surface area contributed by atoms with E-state index < -0.39 is 0 Å². The molecule has 0 aromatic heterocycles. The Kier molecular flexibility index (Phi) is 5.38. The molecule has 20 heavy (non-hydrogen) atoms. The molecule has 0 saturated carbocycles. The molecule has 1 N–H and O–H groups in total. The van der Waals surface area contributed by atoms with E-state index in [-0.39, 0.29) is 11.9 Å². The zero-order valence-corrected chi connectivity index (χ0v) is 12.7. The van der Waals surface area contributed by atoms with Gasteiger partial charge in [-0.1, -0.05) is 6.92 Å². The van der Waals surface area contributed by atoms with Crippen molar-refractivity contribution in [3.63, 3.8) is 0 Å². The fourth-order valence-corrected chi connectivity index (χ4v) is 2.88. The van der Waals surface area contributed by atoms with E-state index in [0.29, 0.717) is 6.04 Å². The summed E-state index contributed by atoms with van der Waals surface area (Å²) in [6, 6.07) is 5.72. The molecule has 4 heteroatoms. The molecule has 1 atom stereocenters. The fraction of sp³-hybridized carbons (Fsp3) is 0.625. The number of nitrogens with zero attached hydrogens (tertiary/aromatic N) is 1. The van der Waals surface area contributed by atoms with Crippen molar-refractivity contribution in [2.45, 2.75) is 38.8 Å². The van der Waals surface area contributed by atoms with Gasteiger partial charge in [0, 0.05) is 38.0 Å². The Bertz CT molecular complexity index is 432. The summed E-state index contributed by atoms with van der Waals surface area (Å²) in [5, 5.41) is 3.37. The lowest BCUT2D eigenvalue weighted by Gasteiger charge is -2.35. The maximum atomic E-state index is 13.6. The van der Waals surface area contributed by atoms with Gasteiger partial charge in [-0.15, -0.1) is 0 Å². The van der Waals surface area contributed by atoms with Crippen LogP contribution in [0.3, 0.4) is 0 Å². The molecule has 0 amide bonds. The minimum atomic E-state index is -0.172. The first-order chi connectivity index (χ1) is 9.63. The Morgan fingerprint density at radius 3 is 2.75 bits per heavy atom. The van der Waals surface area contributed by atoms with Crippen LogP contribution < -0.4 is 10.2 Å². The molecular formula is C16H25FN2O. The Hall–Kier alpha value is -1.13. The van der Waals surface area contributed by atoms with Gasteiger partial charge >= 0.3 is 0 Å². The van der Waals surface area contributed by atoms with E-state index in [1.165, 1.54) is 0 Å². The number of rotatable bonds is 5. The highest BCUT2D eigenvalue weighted by Gasteiger charge is 2.22. The Morgan fingerprint density at radius 1 is 1.40 bits per heavy atom. The van der Waals surface area contributed by atoms with Crippen molar-refractivity contribution in [2.24, 2.45) is 0 Å². The quantitative estimate of drug-likeness (QED) is 0.897.